The predicted molar refractivity (Wildman–Crippen MR) is 100.0 cm³/mol. The highest BCUT2D eigenvalue weighted by molar-refractivity contribution is 5.97. The molecule has 0 amide bonds. The minimum atomic E-state index is -0.727. The van der Waals surface area contributed by atoms with Crippen molar-refractivity contribution in [1.29, 1.82) is 5.26 Å². The maximum Gasteiger partial charge on any atom is 0.348 e. The van der Waals surface area contributed by atoms with E-state index in [1.807, 2.05) is 6.07 Å². The van der Waals surface area contributed by atoms with E-state index in [-0.39, 0.29) is 30.2 Å². The summed E-state index contributed by atoms with van der Waals surface area (Å²) < 4.78 is 16.9. The van der Waals surface area contributed by atoms with E-state index in [0.29, 0.717) is 17.0 Å². The first-order valence-corrected chi connectivity index (χ1v) is 8.28. The summed E-state index contributed by atoms with van der Waals surface area (Å²) >= 11 is 0. The zero-order valence-corrected chi connectivity index (χ0v) is 15.7. The van der Waals surface area contributed by atoms with Crippen LogP contribution in [-0.2, 0) is 16.1 Å². The summed E-state index contributed by atoms with van der Waals surface area (Å²) in [5, 5.41) is 20.7. The molecular formula is C19H19N3O6. The number of nitro groups is 1. The van der Waals surface area contributed by atoms with Gasteiger partial charge in [0, 0.05) is 11.9 Å². The molecule has 0 unspecified atom stereocenters. The van der Waals surface area contributed by atoms with Gasteiger partial charge in [-0.1, -0.05) is 0 Å². The van der Waals surface area contributed by atoms with E-state index in [1.165, 1.54) is 32.4 Å². The van der Waals surface area contributed by atoms with Crippen molar-refractivity contribution in [2.24, 2.45) is 0 Å². The molecule has 0 saturated heterocycles. The molecule has 2 aromatic rings. The monoisotopic (exact) mass is 385 g/mol. The molecule has 0 aliphatic heterocycles. The van der Waals surface area contributed by atoms with E-state index in [0.717, 1.165) is 0 Å². The molecule has 146 valence electrons. The van der Waals surface area contributed by atoms with Gasteiger partial charge in [0.1, 0.15) is 11.6 Å². The molecule has 2 rings (SSSR count). The summed E-state index contributed by atoms with van der Waals surface area (Å²) in [5.74, 6) is -0.119. The summed E-state index contributed by atoms with van der Waals surface area (Å²) in [6.07, 6.45) is 3.07. The Bertz CT molecular complexity index is 955. The van der Waals surface area contributed by atoms with Crippen LogP contribution in [0.4, 0.5) is 5.69 Å². The Morgan fingerprint density at radius 3 is 2.57 bits per heavy atom. The Labute approximate surface area is 161 Å². The van der Waals surface area contributed by atoms with Gasteiger partial charge in [0.05, 0.1) is 43.9 Å². The van der Waals surface area contributed by atoms with Gasteiger partial charge in [0.25, 0.3) is 5.69 Å². The highest BCUT2D eigenvalue weighted by atomic mass is 16.6. The number of aromatic nitrogens is 1. The van der Waals surface area contributed by atoms with Crippen LogP contribution >= 0.6 is 0 Å². The maximum atomic E-state index is 11.8. The zero-order chi connectivity index (χ0) is 20.7. The van der Waals surface area contributed by atoms with E-state index in [4.69, 9.17) is 14.2 Å². The summed E-state index contributed by atoms with van der Waals surface area (Å²) in [6.45, 7) is 1.92. The molecule has 0 saturated carbocycles. The lowest BCUT2D eigenvalue weighted by molar-refractivity contribution is -0.385. The van der Waals surface area contributed by atoms with E-state index in [9.17, 15) is 20.2 Å². The summed E-state index contributed by atoms with van der Waals surface area (Å²) in [4.78, 5) is 22.8. The van der Waals surface area contributed by atoms with Gasteiger partial charge in [-0.25, -0.2) is 4.79 Å². The van der Waals surface area contributed by atoms with E-state index in [1.54, 1.807) is 29.8 Å². The number of methoxy groups -OCH3 is 2. The van der Waals surface area contributed by atoms with Gasteiger partial charge in [-0.05, 0) is 31.2 Å². The van der Waals surface area contributed by atoms with E-state index >= 15 is 0 Å². The van der Waals surface area contributed by atoms with Crippen LogP contribution in [0, 0.1) is 21.4 Å². The fourth-order valence-corrected chi connectivity index (χ4v) is 2.59. The average Bonchev–Trinajstić information content (AvgIpc) is 3.12. The summed E-state index contributed by atoms with van der Waals surface area (Å²) in [6, 6.07) is 8.02. The topological polar surface area (TPSA) is 117 Å². The van der Waals surface area contributed by atoms with Crippen molar-refractivity contribution in [1.82, 2.24) is 4.57 Å². The van der Waals surface area contributed by atoms with Crippen LogP contribution in [0.15, 0.2) is 36.0 Å². The molecule has 1 aromatic heterocycles. The van der Waals surface area contributed by atoms with Crippen LogP contribution in [0.1, 0.15) is 18.2 Å². The Balaban J connectivity index is 2.46. The number of nitro benzene ring substituents is 1. The van der Waals surface area contributed by atoms with Gasteiger partial charge in [-0.3, -0.25) is 10.1 Å². The lowest BCUT2D eigenvalue weighted by Crippen LogP contribution is -2.08. The minimum Gasteiger partial charge on any atom is -0.493 e. The average molecular weight is 385 g/mol. The maximum absolute atomic E-state index is 11.8. The first kappa shape index (κ1) is 20.5. The second-order valence-electron chi connectivity index (χ2n) is 5.54. The van der Waals surface area contributed by atoms with Crippen LogP contribution in [0.5, 0.6) is 11.5 Å². The van der Waals surface area contributed by atoms with Gasteiger partial charge < -0.3 is 18.8 Å². The minimum absolute atomic E-state index is 0.122. The Morgan fingerprint density at radius 2 is 2.00 bits per heavy atom. The van der Waals surface area contributed by atoms with Crippen LogP contribution in [0.25, 0.3) is 6.08 Å². The third kappa shape index (κ3) is 4.48. The number of nitrogens with zero attached hydrogens (tertiary/aromatic N) is 3. The molecule has 0 radical (unpaired) electrons. The molecule has 0 aliphatic carbocycles. The smallest absolute Gasteiger partial charge is 0.348 e. The number of carbonyl (C=O) groups is 1. The molecule has 9 heteroatoms. The fraction of sp³-hybridized carbons (Fsp3) is 0.263. The number of benzene rings is 1. The number of nitriles is 1. The molecule has 0 N–H and O–H groups in total. The molecule has 0 bridgehead atoms. The van der Waals surface area contributed by atoms with Crippen molar-refractivity contribution in [3.8, 4) is 17.6 Å². The van der Waals surface area contributed by atoms with Gasteiger partial charge in [0.15, 0.2) is 11.5 Å². The van der Waals surface area contributed by atoms with Crippen molar-refractivity contribution in [2.75, 3.05) is 20.8 Å². The summed E-state index contributed by atoms with van der Waals surface area (Å²) in [5.41, 5.74) is 0.604. The number of hydrogen-bond donors (Lipinski definition) is 0. The first-order valence-electron chi connectivity index (χ1n) is 8.28. The summed E-state index contributed by atoms with van der Waals surface area (Å²) in [7, 11) is 2.84. The predicted octanol–water partition coefficient (Wildman–Crippen LogP) is 2.93. The van der Waals surface area contributed by atoms with Crippen LogP contribution < -0.4 is 9.47 Å². The van der Waals surface area contributed by atoms with Crippen molar-refractivity contribution >= 4 is 17.7 Å². The quantitative estimate of drug-likeness (QED) is 0.225. The number of esters is 1. The van der Waals surface area contributed by atoms with Crippen LogP contribution in [-0.4, -0.2) is 36.3 Å². The highest BCUT2D eigenvalue weighted by Crippen LogP contribution is 2.35. The third-order valence-electron chi connectivity index (χ3n) is 3.89. The Morgan fingerprint density at radius 1 is 1.32 bits per heavy atom. The second kappa shape index (κ2) is 9.23. The van der Waals surface area contributed by atoms with Gasteiger partial charge >= 0.3 is 5.97 Å². The van der Waals surface area contributed by atoms with Crippen LogP contribution in [0.3, 0.4) is 0 Å². The van der Waals surface area contributed by atoms with Crippen molar-refractivity contribution in [3.63, 3.8) is 0 Å². The number of carbonyl (C=O) groups excluding carboxylic acids is 1. The number of hydrogen-bond acceptors (Lipinski definition) is 7. The first-order chi connectivity index (χ1) is 13.4. The molecule has 28 heavy (non-hydrogen) atoms. The van der Waals surface area contributed by atoms with Crippen molar-refractivity contribution in [3.05, 3.63) is 57.4 Å². The largest absolute Gasteiger partial charge is 0.493 e. The standard InChI is InChI=1S/C19H19N3O6/c1-4-28-19(23)13(11-20)8-15-6-5-7-21(15)12-14-9-17(26-2)18(27-3)10-16(14)22(24)25/h5-10H,4,12H2,1-3H3/b13-8+. The Hall–Kier alpha value is -3.80. The zero-order valence-electron chi connectivity index (χ0n) is 15.7. The molecule has 9 nitrogen and oxygen atoms in total. The second-order valence-corrected chi connectivity index (χ2v) is 5.54. The van der Waals surface area contributed by atoms with Gasteiger partial charge in [-0.2, -0.15) is 5.26 Å². The van der Waals surface area contributed by atoms with Gasteiger partial charge in [0.2, 0.25) is 0 Å². The van der Waals surface area contributed by atoms with E-state index in [2.05, 4.69) is 0 Å². The van der Waals surface area contributed by atoms with Crippen molar-refractivity contribution in [2.45, 2.75) is 13.5 Å². The SMILES string of the molecule is CCOC(=O)/C(C#N)=C/c1cccn1Cc1cc(OC)c(OC)cc1[N+](=O)[O-]. The number of rotatable bonds is 8. The molecule has 0 atom stereocenters. The normalized spacial score (nSPS) is 10.9. The molecule has 0 aliphatic rings. The molecule has 0 fully saturated rings. The highest BCUT2D eigenvalue weighted by Gasteiger charge is 2.20. The molecular weight excluding hydrogens is 366 g/mol. The molecule has 1 aromatic carbocycles. The lowest BCUT2D eigenvalue weighted by atomic mass is 10.1. The van der Waals surface area contributed by atoms with Crippen LogP contribution in [0.2, 0.25) is 0 Å². The fourth-order valence-electron chi connectivity index (χ4n) is 2.59. The number of ether oxygens (including phenoxy) is 3. The molecule has 1 heterocycles. The molecule has 0 spiro atoms. The van der Waals surface area contributed by atoms with Gasteiger partial charge in [-0.15, -0.1) is 0 Å². The Kier molecular flexibility index (Phi) is 6.76. The third-order valence-corrected chi connectivity index (χ3v) is 3.89. The lowest BCUT2D eigenvalue weighted by Gasteiger charge is -2.12. The van der Waals surface area contributed by atoms with Crippen molar-refractivity contribution < 1.29 is 23.9 Å². The van der Waals surface area contributed by atoms with E-state index < -0.39 is 10.9 Å².